The third-order valence-corrected chi connectivity index (χ3v) is 4.40. The molecule has 0 saturated heterocycles. The molecule has 1 heterocycles. The number of fused-ring (bicyclic) bond motifs is 1. The molecule has 0 saturated carbocycles. The van der Waals surface area contributed by atoms with Gasteiger partial charge in [-0.25, -0.2) is 4.79 Å². The molecule has 0 radical (unpaired) electrons. The molecule has 24 heavy (non-hydrogen) atoms. The van der Waals surface area contributed by atoms with Crippen molar-refractivity contribution in [1.82, 2.24) is 4.57 Å². The molecule has 0 spiro atoms. The Morgan fingerprint density at radius 1 is 1.33 bits per heavy atom. The van der Waals surface area contributed by atoms with Gasteiger partial charge >= 0.3 is 5.97 Å². The number of hydrogen-bond acceptors (Lipinski definition) is 4. The Morgan fingerprint density at radius 2 is 2.08 bits per heavy atom. The summed E-state index contributed by atoms with van der Waals surface area (Å²) in [5.41, 5.74) is 9.55. The number of anilines is 1. The average molecular weight is 347 g/mol. The lowest BCUT2D eigenvalue weighted by atomic mass is 10.1. The number of aromatic nitrogens is 1. The van der Waals surface area contributed by atoms with E-state index in [0.717, 1.165) is 16.5 Å². The number of methoxy groups -OCH3 is 1. The Kier molecular flexibility index (Phi) is 4.11. The smallest absolute Gasteiger partial charge is 0.337 e. The zero-order chi connectivity index (χ0) is 18.0. The number of halogens is 1. The van der Waals surface area contributed by atoms with Gasteiger partial charge in [-0.15, -0.1) is 0 Å². The van der Waals surface area contributed by atoms with E-state index in [2.05, 4.69) is 5.11 Å². The molecule has 0 bridgehead atoms. The number of hydrogen-bond donors (Lipinski definition) is 2. The third-order valence-electron chi connectivity index (χ3n) is 3.98. The molecule has 6 heteroatoms. The molecule has 3 aromatic rings. The molecule has 0 unspecified atom stereocenters. The molecule has 5 nitrogen and oxygen atoms in total. The standard InChI is InChI=1S/C18H17ClN2O3/c1-24-18(23)12-4-2-11(3-5-12)9-21-15-7-6-13(20)8-14(15)17(19)16(21)10-22/h2-8,22H,9-10,20H2,1H3/i22T. The van der Waals surface area contributed by atoms with Gasteiger partial charge < -0.3 is 20.1 Å². The molecule has 0 aliphatic heterocycles. The summed E-state index contributed by atoms with van der Waals surface area (Å²) < 4.78 is 13.8. The third kappa shape index (κ3) is 2.84. The first-order valence-electron chi connectivity index (χ1n) is 7.77. The highest BCUT2D eigenvalue weighted by atomic mass is 35.5. The predicted molar refractivity (Wildman–Crippen MR) is 94.2 cm³/mol. The van der Waals surface area contributed by atoms with E-state index < -0.39 is 0 Å². The van der Waals surface area contributed by atoms with Crippen LogP contribution in [0.2, 0.25) is 5.02 Å². The van der Waals surface area contributed by atoms with Crippen LogP contribution in [0.5, 0.6) is 0 Å². The van der Waals surface area contributed by atoms with Gasteiger partial charge in [-0.05, 0) is 35.9 Å². The minimum atomic E-state index is -0.375. The fourth-order valence-electron chi connectivity index (χ4n) is 2.75. The Balaban J connectivity index is 2.02. The molecule has 124 valence electrons. The number of ether oxygens (including phenoxy) is 1. The number of benzene rings is 2. The summed E-state index contributed by atoms with van der Waals surface area (Å²) in [6.45, 7) is 0.584. The summed E-state index contributed by atoms with van der Waals surface area (Å²) in [7, 11) is 1.35. The molecule has 1 aromatic heterocycles. The summed E-state index contributed by atoms with van der Waals surface area (Å²) >= 11 is 6.46. The molecule has 3 N–H and O–H groups in total. The zero-order valence-corrected chi connectivity index (χ0v) is 13.8. The van der Waals surface area contributed by atoms with E-state index in [1.807, 2.05) is 28.8 Å². The molecule has 0 atom stereocenters. The van der Waals surface area contributed by atoms with Gasteiger partial charge in [0.05, 0.1) is 35.5 Å². The van der Waals surface area contributed by atoms with Crippen LogP contribution in [0, 0.1) is 0 Å². The number of aliphatic hydroxyl groups excluding tert-OH is 1. The Bertz CT molecular complexity index is 922. The molecular formula is C18H17ClN2O3. The van der Waals surface area contributed by atoms with Crippen LogP contribution in [-0.4, -0.2) is 24.2 Å². The van der Waals surface area contributed by atoms with Crippen molar-refractivity contribution in [2.75, 3.05) is 12.8 Å². The first-order chi connectivity index (χ1) is 12.0. The summed E-state index contributed by atoms with van der Waals surface area (Å²) in [6.07, 6.45) is 0. The minimum absolute atomic E-state index is 0.0632. The number of aliphatic hydroxyl groups is 1. The van der Waals surface area contributed by atoms with Crippen LogP contribution < -0.4 is 5.73 Å². The minimum Gasteiger partial charge on any atom is -0.465 e. The normalized spacial score (nSPS) is 11.5. The zero-order valence-electron chi connectivity index (χ0n) is 14.1. The fourth-order valence-corrected chi connectivity index (χ4v) is 3.06. The van der Waals surface area contributed by atoms with E-state index in [1.165, 1.54) is 7.11 Å². The van der Waals surface area contributed by atoms with Crippen LogP contribution >= 0.6 is 11.6 Å². The number of nitrogen functional groups attached to an aromatic ring is 1. The van der Waals surface area contributed by atoms with Crippen molar-refractivity contribution in [2.24, 2.45) is 0 Å². The van der Waals surface area contributed by atoms with Gasteiger partial charge in [-0.3, -0.25) is 0 Å². The largest absolute Gasteiger partial charge is 0.465 e. The van der Waals surface area contributed by atoms with E-state index in [4.69, 9.17) is 23.5 Å². The summed E-state index contributed by atoms with van der Waals surface area (Å²) in [4.78, 5) is 11.5. The second-order valence-electron chi connectivity index (χ2n) is 5.46. The molecule has 0 amide bonds. The number of carbonyl (C=O) groups excluding carboxylic acids is 1. The van der Waals surface area contributed by atoms with E-state index >= 15 is 0 Å². The van der Waals surface area contributed by atoms with Crippen molar-refractivity contribution in [2.45, 2.75) is 13.2 Å². The van der Waals surface area contributed by atoms with Gasteiger partial charge in [-0.1, -0.05) is 23.7 Å². The van der Waals surface area contributed by atoms with Gasteiger partial charge in [0.2, 0.25) is 1.43 Å². The Hall–Kier alpha value is -2.50. The lowest BCUT2D eigenvalue weighted by Crippen LogP contribution is -2.06. The maximum atomic E-state index is 11.5. The Morgan fingerprint density at radius 3 is 2.75 bits per heavy atom. The van der Waals surface area contributed by atoms with Crippen molar-refractivity contribution in [3.8, 4) is 0 Å². The van der Waals surface area contributed by atoms with Crippen LogP contribution in [0.3, 0.4) is 0 Å². The van der Waals surface area contributed by atoms with Gasteiger partial charge in [0.15, 0.2) is 0 Å². The monoisotopic (exact) mass is 346 g/mol. The summed E-state index contributed by atoms with van der Waals surface area (Å²) in [6, 6.07) is 12.7. The molecule has 0 fully saturated rings. The lowest BCUT2D eigenvalue weighted by Gasteiger charge is -2.10. The second kappa shape index (κ2) is 6.55. The number of nitrogens with two attached hydrogens (primary N) is 1. The molecule has 0 aliphatic rings. The van der Waals surface area contributed by atoms with Crippen molar-refractivity contribution in [1.29, 1.82) is 1.43 Å². The molecular weight excluding hydrogens is 328 g/mol. The van der Waals surface area contributed by atoms with Gasteiger partial charge in [0.25, 0.3) is 0 Å². The average Bonchev–Trinajstić information content (AvgIpc) is 2.87. The van der Waals surface area contributed by atoms with Crippen molar-refractivity contribution in [3.63, 3.8) is 0 Å². The topological polar surface area (TPSA) is 77.5 Å². The van der Waals surface area contributed by atoms with Gasteiger partial charge in [0, 0.05) is 17.6 Å². The quantitative estimate of drug-likeness (QED) is 0.549. The summed E-state index contributed by atoms with van der Waals surface area (Å²) in [5.74, 6) is -0.375. The van der Waals surface area contributed by atoms with Crippen LogP contribution in [0.4, 0.5) is 5.69 Å². The summed E-state index contributed by atoms with van der Waals surface area (Å²) in [5, 5.41) is 5.91. The van der Waals surface area contributed by atoms with Gasteiger partial charge in [0.1, 0.15) is 0 Å². The maximum Gasteiger partial charge on any atom is 0.337 e. The van der Waals surface area contributed by atoms with Crippen molar-refractivity contribution in [3.05, 3.63) is 64.3 Å². The van der Waals surface area contributed by atoms with Crippen LogP contribution in [0.1, 0.15) is 21.6 Å². The fraction of sp³-hybridized carbons (Fsp3) is 0.167. The van der Waals surface area contributed by atoms with E-state index in [1.54, 1.807) is 18.2 Å². The highest BCUT2D eigenvalue weighted by Gasteiger charge is 2.16. The second-order valence-corrected chi connectivity index (χ2v) is 5.83. The first-order valence-corrected chi connectivity index (χ1v) is 7.74. The van der Waals surface area contributed by atoms with E-state index in [-0.39, 0.29) is 12.6 Å². The van der Waals surface area contributed by atoms with Crippen LogP contribution in [0.15, 0.2) is 42.5 Å². The predicted octanol–water partition coefficient (Wildman–Crippen LogP) is 3.20. The number of carbonyl (C=O) groups is 1. The highest BCUT2D eigenvalue weighted by Crippen LogP contribution is 2.32. The van der Waals surface area contributed by atoms with Crippen molar-refractivity contribution >= 4 is 34.2 Å². The van der Waals surface area contributed by atoms with Crippen LogP contribution in [0.25, 0.3) is 10.9 Å². The number of rotatable bonds is 5. The Labute approximate surface area is 145 Å². The molecule has 0 aliphatic carbocycles. The maximum absolute atomic E-state index is 11.5. The number of esters is 1. The van der Waals surface area contributed by atoms with E-state index in [9.17, 15) is 4.79 Å². The lowest BCUT2D eigenvalue weighted by molar-refractivity contribution is 0.0600. The van der Waals surface area contributed by atoms with Crippen molar-refractivity contribution < 1.29 is 14.6 Å². The van der Waals surface area contributed by atoms with E-state index in [0.29, 0.717) is 28.5 Å². The highest BCUT2D eigenvalue weighted by molar-refractivity contribution is 6.36. The molecule has 2 aromatic carbocycles. The molecule has 3 rings (SSSR count). The van der Waals surface area contributed by atoms with Gasteiger partial charge in [-0.2, -0.15) is 0 Å². The van der Waals surface area contributed by atoms with Crippen LogP contribution in [-0.2, 0) is 17.9 Å². The SMILES string of the molecule is [3H]OCc1c(Cl)c2cc(N)ccc2n1Cc1ccc(C(=O)OC)cc1. The number of nitrogens with zero attached hydrogens (tertiary/aromatic N) is 1. The first kappa shape index (κ1) is 15.1.